The lowest BCUT2D eigenvalue weighted by Crippen LogP contribution is -2.71. The van der Waals surface area contributed by atoms with Crippen LogP contribution in [-0.2, 0) is 14.3 Å². The van der Waals surface area contributed by atoms with Crippen LogP contribution in [0, 0.1) is 10.8 Å². The molecule has 3 saturated carbocycles. The molecule has 2 N–H and O–H groups in total. The predicted octanol–water partition coefficient (Wildman–Crippen LogP) is 0.621. The van der Waals surface area contributed by atoms with E-state index in [0.29, 0.717) is 0 Å². The summed E-state index contributed by atoms with van der Waals surface area (Å²) in [5.41, 5.74) is -1.58. The van der Waals surface area contributed by atoms with E-state index in [4.69, 9.17) is 9.84 Å². The minimum Gasteiger partial charge on any atom is -0.481 e. The number of carboxylic acid groups (broad SMARTS) is 1. The first kappa shape index (κ1) is 16.5. The van der Waals surface area contributed by atoms with E-state index in [-0.39, 0.29) is 45.6 Å². The largest absolute Gasteiger partial charge is 0.481 e. The molecular formula is C14H19F3N2O4. The Balaban J connectivity index is 1.55. The van der Waals surface area contributed by atoms with Gasteiger partial charge >= 0.3 is 12.1 Å². The number of morpholine rings is 1. The highest BCUT2D eigenvalue weighted by Crippen LogP contribution is 2.73. The molecule has 23 heavy (non-hydrogen) atoms. The van der Waals surface area contributed by atoms with Crippen LogP contribution < -0.4 is 5.32 Å². The molecule has 130 valence electrons. The Kier molecular flexibility index (Phi) is 3.83. The van der Waals surface area contributed by atoms with Gasteiger partial charge in [-0.1, -0.05) is 0 Å². The molecule has 6 nitrogen and oxygen atoms in total. The topological polar surface area (TPSA) is 78.9 Å². The SMILES string of the molecule is O=C(O)C12CC(C(=O)NCC(N3CCOCC3)C(F)(F)F)(C1)C2. The van der Waals surface area contributed by atoms with E-state index in [0.717, 1.165) is 0 Å². The first-order chi connectivity index (χ1) is 10.7. The summed E-state index contributed by atoms with van der Waals surface area (Å²) in [4.78, 5) is 24.4. The number of ether oxygens (including phenoxy) is 1. The van der Waals surface area contributed by atoms with Crippen molar-refractivity contribution in [1.29, 1.82) is 0 Å². The summed E-state index contributed by atoms with van der Waals surface area (Å²) >= 11 is 0. The lowest BCUT2D eigenvalue weighted by molar-refractivity contribution is -0.221. The molecule has 4 rings (SSSR count). The average Bonchev–Trinajstić information content (AvgIpc) is 2.34. The molecule has 2 bridgehead atoms. The fourth-order valence-electron chi connectivity index (χ4n) is 3.97. The van der Waals surface area contributed by atoms with E-state index in [2.05, 4.69) is 5.32 Å². The van der Waals surface area contributed by atoms with Gasteiger partial charge in [-0.15, -0.1) is 0 Å². The quantitative estimate of drug-likeness (QED) is 0.770. The van der Waals surface area contributed by atoms with Gasteiger partial charge in [0.1, 0.15) is 6.04 Å². The van der Waals surface area contributed by atoms with Crippen molar-refractivity contribution in [2.24, 2.45) is 10.8 Å². The van der Waals surface area contributed by atoms with Crippen LogP contribution in [0.4, 0.5) is 13.2 Å². The number of carboxylic acids is 1. The minimum atomic E-state index is -4.44. The monoisotopic (exact) mass is 336 g/mol. The number of halogens is 3. The molecule has 1 atom stereocenters. The van der Waals surface area contributed by atoms with Crippen molar-refractivity contribution in [3.05, 3.63) is 0 Å². The minimum absolute atomic E-state index is 0.174. The van der Waals surface area contributed by atoms with E-state index >= 15 is 0 Å². The van der Waals surface area contributed by atoms with Crippen LogP contribution in [0.5, 0.6) is 0 Å². The summed E-state index contributed by atoms with van der Waals surface area (Å²) < 4.78 is 44.7. The van der Waals surface area contributed by atoms with Crippen LogP contribution in [-0.4, -0.2) is 66.9 Å². The van der Waals surface area contributed by atoms with Crippen LogP contribution >= 0.6 is 0 Å². The molecule has 1 amide bonds. The molecule has 1 aliphatic heterocycles. The molecule has 4 aliphatic rings. The first-order valence-corrected chi connectivity index (χ1v) is 7.59. The molecule has 4 fully saturated rings. The predicted molar refractivity (Wildman–Crippen MR) is 71.6 cm³/mol. The molecule has 0 aromatic carbocycles. The zero-order chi connectivity index (χ0) is 16.9. The fraction of sp³-hybridized carbons (Fsp3) is 0.857. The average molecular weight is 336 g/mol. The zero-order valence-electron chi connectivity index (χ0n) is 12.5. The van der Waals surface area contributed by atoms with Crippen LogP contribution in [0.2, 0.25) is 0 Å². The Morgan fingerprint density at radius 2 is 1.74 bits per heavy atom. The molecule has 0 spiro atoms. The van der Waals surface area contributed by atoms with E-state index in [1.807, 2.05) is 0 Å². The van der Waals surface area contributed by atoms with Crippen molar-refractivity contribution in [2.45, 2.75) is 31.5 Å². The highest BCUT2D eigenvalue weighted by molar-refractivity contribution is 5.93. The van der Waals surface area contributed by atoms with E-state index in [1.54, 1.807) is 0 Å². The van der Waals surface area contributed by atoms with Gasteiger partial charge in [0, 0.05) is 19.6 Å². The van der Waals surface area contributed by atoms with Crippen LogP contribution in [0.15, 0.2) is 0 Å². The van der Waals surface area contributed by atoms with Crippen molar-refractivity contribution in [3.63, 3.8) is 0 Å². The highest BCUT2D eigenvalue weighted by Gasteiger charge is 2.75. The third-order valence-electron chi connectivity index (χ3n) is 5.29. The maximum Gasteiger partial charge on any atom is 0.405 e. The van der Waals surface area contributed by atoms with E-state index in [9.17, 15) is 22.8 Å². The molecule has 1 unspecified atom stereocenters. The van der Waals surface area contributed by atoms with Gasteiger partial charge in [-0.05, 0) is 19.3 Å². The molecule has 1 saturated heterocycles. The molecule has 9 heteroatoms. The van der Waals surface area contributed by atoms with Gasteiger partial charge in [0.25, 0.3) is 0 Å². The Bertz CT molecular complexity index is 497. The van der Waals surface area contributed by atoms with Crippen LogP contribution in [0.25, 0.3) is 0 Å². The third-order valence-corrected chi connectivity index (χ3v) is 5.29. The van der Waals surface area contributed by atoms with Crippen molar-refractivity contribution >= 4 is 11.9 Å². The van der Waals surface area contributed by atoms with Crippen molar-refractivity contribution < 1.29 is 32.6 Å². The second-order valence-corrected chi connectivity index (χ2v) is 6.81. The number of rotatable bonds is 5. The van der Waals surface area contributed by atoms with Crippen LogP contribution in [0.1, 0.15) is 19.3 Å². The van der Waals surface area contributed by atoms with Gasteiger partial charge in [0.15, 0.2) is 0 Å². The number of aliphatic carboxylic acids is 1. The lowest BCUT2D eigenvalue weighted by atomic mass is 9.35. The van der Waals surface area contributed by atoms with E-state index in [1.165, 1.54) is 4.90 Å². The third kappa shape index (κ3) is 2.69. The number of amides is 1. The Labute approximate surface area is 131 Å². The summed E-state index contributed by atoms with van der Waals surface area (Å²) in [6.45, 7) is 0.321. The molecule has 0 aromatic rings. The second kappa shape index (κ2) is 5.34. The molecule has 0 aromatic heterocycles. The van der Waals surface area contributed by atoms with Crippen molar-refractivity contribution in [3.8, 4) is 0 Å². The molecule has 0 radical (unpaired) electrons. The van der Waals surface area contributed by atoms with Gasteiger partial charge in [-0.3, -0.25) is 14.5 Å². The number of hydrogen-bond donors (Lipinski definition) is 2. The van der Waals surface area contributed by atoms with Gasteiger partial charge in [-0.2, -0.15) is 13.2 Å². The summed E-state index contributed by atoms with van der Waals surface area (Å²) in [6, 6.07) is -1.74. The van der Waals surface area contributed by atoms with Gasteiger partial charge in [0.05, 0.1) is 24.0 Å². The summed E-state index contributed by atoms with van der Waals surface area (Å²) in [6.07, 6.45) is -3.74. The normalized spacial score (nSPS) is 34.9. The van der Waals surface area contributed by atoms with Crippen molar-refractivity contribution in [2.75, 3.05) is 32.8 Å². The number of alkyl halides is 3. The number of hydrogen-bond acceptors (Lipinski definition) is 4. The molecule has 1 heterocycles. The Hall–Kier alpha value is -1.35. The second-order valence-electron chi connectivity index (χ2n) is 6.81. The number of nitrogens with one attached hydrogen (secondary N) is 1. The van der Waals surface area contributed by atoms with Crippen LogP contribution in [0.3, 0.4) is 0 Å². The first-order valence-electron chi connectivity index (χ1n) is 7.59. The maximum absolute atomic E-state index is 13.2. The highest BCUT2D eigenvalue weighted by atomic mass is 19.4. The number of nitrogens with zero attached hydrogens (tertiary/aromatic N) is 1. The number of carbonyl (C=O) groups excluding carboxylic acids is 1. The maximum atomic E-state index is 13.2. The standard InChI is InChI=1S/C14H19F3N2O4/c15-14(16,17)9(19-1-3-23-4-2-19)5-18-10(20)12-6-13(7-12,8-12)11(21)22/h9H,1-8H2,(H,18,20)(H,21,22). The Morgan fingerprint density at radius 1 is 1.17 bits per heavy atom. The van der Waals surface area contributed by atoms with Gasteiger partial charge in [0.2, 0.25) is 5.91 Å². The van der Waals surface area contributed by atoms with Gasteiger partial charge < -0.3 is 15.2 Å². The lowest BCUT2D eigenvalue weighted by Gasteiger charge is -2.66. The van der Waals surface area contributed by atoms with Crippen molar-refractivity contribution in [1.82, 2.24) is 10.2 Å². The summed E-state index contributed by atoms with van der Waals surface area (Å²) in [5, 5.41) is 11.4. The Morgan fingerprint density at radius 3 is 2.22 bits per heavy atom. The fourth-order valence-corrected chi connectivity index (χ4v) is 3.97. The van der Waals surface area contributed by atoms with Gasteiger partial charge in [-0.25, -0.2) is 0 Å². The molecular weight excluding hydrogens is 317 g/mol. The summed E-state index contributed by atoms with van der Waals surface area (Å²) in [7, 11) is 0. The number of carbonyl (C=O) groups is 2. The van der Waals surface area contributed by atoms with E-state index < -0.39 is 41.5 Å². The summed E-state index contributed by atoms with van der Waals surface area (Å²) in [5.74, 6) is -1.38. The zero-order valence-corrected chi connectivity index (χ0v) is 12.5. The molecule has 3 aliphatic carbocycles. The smallest absolute Gasteiger partial charge is 0.405 e.